The molecule has 3 N–H and O–H groups in total. The third kappa shape index (κ3) is 6.47. The molecular formula is C24H21Cl3N4O2. The van der Waals surface area contributed by atoms with Crippen LogP contribution >= 0.6 is 34.8 Å². The summed E-state index contributed by atoms with van der Waals surface area (Å²) in [7, 11) is 0. The largest absolute Gasteiger partial charge is 0.489 e. The first-order chi connectivity index (χ1) is 16.0. The highest BCUT2D eigenvalue weighted by Crippen LogP contribution is 2.26. The fraction of sp³-hybridized carbons (Fsp3) is 0.167. The fourth-order valence-corrected chi connectivity index (χ4v) is 3.95. The molecule has 0 spiro atoms. The normalized spacial score (nSPS) is 17.9. The zero-order valence-electron chi connectivity index (χ0n) is 17.4. The molecule has 0 bridgehead atoms. The zero-order chi connectivity index (χ0) is 23.2. The van der Waals surface area contributed by atoms with E-state index < -0.39 is 6.04 Å². The summed E-state index contributed by atoms with van der Waals surface area (Å²) < 4.78 is 5.91. The van der Waals surface area contributed by atoms with Crippen LogP contribution in [0.5, 0.6) is 5.75 Å². The van der Waals surface area contributed by atoms with E-state index in [2.05, 4.69) is 21.4 Å². The van der Waals surface area contributed by atoms with Crippen molar-refractivity contribution in [2.75, 3.05) is 0 Å². The minimum Gasteiger partial charge on any atom is -0.489 e. The van der Waals surface area contributed by atoms with Gasteiger partial charge in [0.15, 0.2) is 0 Å². The van der Waals surface area contributed by atoms with E-state index in [1.165, 1.54) is 6.21 Å². The number of hydrogen-bond donors (Lipinski definition) is 3. The third-order valence-electron chi connectivity index (χ3n) is 5.14. The molecule has 3 aromatic rings. The van der Waals surface area contributed by atoms with Crippen molar-refractivity contribution < 1.29 is 9.53 Å². The number of carbonyl (C=O) groups is 1. The molecule has 0 radical (unpaired) electrons. The Labute approximate surface area is 206 Å². The van der Waals surface area contributed by atoms with E-state index in [0.717, 1.165) is 16.9 Å². The van der Waals surface area contributed by atoms with Gasteiger partial charge in [-0.3, -0.25) is 4.79 Å². The number of nitrogens with one attached hydrogen (secondary N) is 3. The average molecular weight is 504 g/mol. The number of halogens is 3. The van der Waals surface area contributed by atoms with Crippen LogP contribution in [-0.2, 0) is 11.4 Å². The van der Waals surface area contributed by atoms with Gasteiger partial charge in [0, 0.05) is 21.7 Å². The van der Waals surface area contributed by atoms with Crippen LogP contribution in [0.25, 0.3) is 0 Å². The van der Waals surface area contributed by atoms with E-state index in [1.54, 1.807) is 18.2 Å². The highest BCUT2D eigenvalue weighted by Gasteiger charge is 2.30. The minimum atomic E-state index is -0.438. The van der Waals surface area contributed by atoms with Crippen molar-refractivity contribution in [3.05, 3.63) is 98.5 Å². The van der Waals surface area contributed by atoms with Gasteiger partial charge in [0.2, 0.25) is 0 Å². The van der Waals surface area contributed by atoms with Crippen LogP contribution in [0.3, 0.4) is 0 Å². The predicted octanol–water partition coefficient (Wildman–Crippen LogP) is 5.28. The molecule has 170 valence electrons. The Hall–Kier alpha value is -2.61. The van der Waals surface area contributed by atoms with Crippen molar-refractivity contribution in [3.63, 3.8) is 0 Å². The highest BCUT2D eigenvalue weighted by molar-refractivity contribution is 6.36. The van der Waals surface area contributed by atoms with E-state index in [9.17, 15) is 4.79 Å². The second-order valence-electron chi connectivity index (χ2n) is 7.52. The number of carbonyl (C=O) groups excluding carboxylic acids is 1. The molecule has 1 heterocycles. The van der Waals surface area contributed by atoms with Gasteiger partial charge in [-0.1, -0.05) is 65.1 Å². The van der Waals surface area contributed by atoms with E-state index in [1.807, 2.05) is 48.5 Å². The van der Waals surface area contributed by atoms with Gasteiger partial charge in [0.1, 0.15) is 18.4 Å². The maximum Gasteiger partial charge on any atom is 0.258 e. The Kier molecular flexibility index (Phi) is 7.85. The number of amides is 1. The van der Waals surface area contributed by atoms with Crippen LogP contribution in [0.4, 0.5) is 0 Å². The van der Waals surface area contributed by atoms with E-state index in [0.29, 0.717) is 33.7 Å². The molecule has 3 aromatic carbocycles. The predicted molar refractivity (Wildman–Crippen MR) is 132 cm³/mol. The summed E-state index contributed by atoms with van der Waals surface area (Å²) in [6.07, 6.45) is 2.04. The number of rotatable bonds is 7. The van der Waals surface area contributed by atoms with E-state index >= 15 is 0 Å². The molecule has 9 heteroatoms. The van der Waals surface area contributed by atoms with Crippen molar-refractivity contribution in [1.82, 2.24) is 16.3 Å². The Morgan fingerprint density at radius 1 is 1.03 bits per heavy atom. The smallest absolute Gasteiger partial charge is 0.258 e. The molecule has 2 unspecified atom stereocenters. The first-order valence-electron chi connectivity index (χ1n) is 10.2. The molecule has 2 atom stereocenters. The van der Waals surface area contributed by atoms with Gasteiger partial charge < -0.3 is 4.74 Å². The molecule has 1 amide bonds. The van der Waals surface area contributed by atoms with Crippen LogP contribution < -0.4 is 21.0 Å². The van der Waals surface area contributed by atoms with Gasteiger partial charge in [0.25, 0.3) is 5.91 Å². The summed E-state index contributed by atoms with van der Waals surface area (Å²) in [6, 6.07) is 19.9. The molecule has 4 rings (SSSR count). The van der Waals surface area contributed by atoms with Gasteiger partial charge in [-0.05, 0) is 53.9 Å². The molecule has 1 aliphatic heterocycles. The van der Waals surface area contributed by atoms with Crippen molar-refractivity contribution >= 4 is 46.9 Å². The second-order valence-corrected chi connectivity index (χ2v) is 8.80. The maximum absolute atomic E-state index is 12.5. The van der Waals surface area contributed by atoms with Crippen LogP contribution in [0, 0.1) is 0 Å². The molecule has 0 aliphatic carbocycles. The van der Waals surface area contributed by atoms with Gasteiger partial charge in [-0.15, -0.1) is 0 Å². The van der Waals surface area contributed by atoms with Crippen molar-refractivity contribution in [3.8, 4) is 5.75 Å². The summed E-state index contributed by atoms with van der Waals surface area (Å²) in [5.41, 5.74) is 11.4. The lowest BCUT2D eigenvalue weighted by atomic mass is 10.0. The summed E-state index contributed by atoms with van der Waals surface area (Å²) in [5, 5.41) is 5.68. The van der Waals surface area contributed by atoms with Gasteiger partial charge in [-0.2, -0.15) is 5.10 Å². The topological polar surface area (TPSA) is 74.8 Å². The Balaban J connectivity index is 1.30. The second kappa shape index (κ2) is 11.0. The Bertz CT molecular complexity index is 1150. The number of hydrazone groups is 1. The number of nitrogens with zero attached hydrogens (tertiary/aromatic N) is 1. The molecule has 0 aromatic heterocycles. The molecule has 0 saturated carbocycles. The first kappa shape index (κ1) is 23.5. The van der Waals surface area contributed by atoms with Crippen molar-refractivity contribution in [1.29, 1.82) is 0 Å². The van der Waals surface area contributed by atoms with E-state index in [4.69, 9.17) is 39.5 Å². The van der Waals surface area contributed by atoms with Crippen molar-refractivity contribution in [2.45, 2.75) is 25.1 Å². The summed E-state index contributed by atoms with van der Waals surface area (Å²) in [5.74, 6) is 0.503. The van der Waals surface area contributed by atoms with Crippen LogP contribution in [-0.4, -0.2) is 18.2 Å². The SMILES string of the molecule is O=C(N/N=C/c1ccc(Cl)cc1Cl)C1CC(c2cccc(OCc3ccc(Cl)cc3)c2)NN1. The Morgan fingerprint density at radius 3 is 2.61 bits per heavy atom. The lowest BCUT2D eigenvalue weighted by Crippen LogP contribution is -2.41. The van der Waals surface area contributed by atoms with Crippen LogP contribution in [0.15, 0.2) is 71.8 Å². The molecule has 1 fully saturated rings. The average Bonchev–Trinajstić information content (AvgIpc) is 3.31. The van der Waals surface area contributed by atoms with Crippen LogP contribution in [0.2, 0.25) is 15.1 Å². The molecule has 33 heavy (non-hydrogen) atoms. The summed E-state index contributed by atoms with van der Waals surface area (Å²) in [4.78, 5) is 12.5. The van der Waals surface area contributed by atoms with E-state index in [-0.39, 0.29) is 11.9 Å². The molecule has 1 aliphatic rings. The van der Waals surface area contributed by atoms with Crippen molar-refractivity contribution in [2.24, 2.45) is 5.10 Å². The minimum absolute atomic E-state index is 0.0467. The quantitative estimate of drug-likeness (QED) is 0.303. The van der Waals surface area contributed by atoms with Crippen LogP contribution in [0.1, 0.15) is 29.2 Å². The monoisotopic (exact) mass is 502 g/mol. The lowest BCUT2D eigenvalue weighted by molar-refractivity contribution is -0.122. The number of benzene rings is 3. The third-order valence-corrected chi connectivity index (χ3v) is 5.95. The Morgan fingerprint density at radius 2 is 1.82 bits per heavy atom. The first-order valence-corrected chi connectivity index (χ1v) is 11.4. The maximum atomic E-state index is 12.5. The summed E-state index contributed by atoms with van der Waals surface area (Å²) >= 11 is 17.9. The fourth-order valence-electron chi connectivity index (χ4n) is 3.36. The molecule has 6 nitrogen and oxygen atoms in total. The number of ether oxygens (including phenoxy) is 1. The lowest BCUT2D eigenvalue weighted by Gasteiger charge is -2.12. The van der Waals surface area contributed by atoms with Gasteiger partial charge >= 0.3 is 0 Å². The standard InChI is InChI=1S/C24H21Cl3N4O2/c25-18-7-4-15(5-8-18)14-33-20-3-1-2-16(10-20)22-12-23(30-29-22)24(32)31-28-13-17-6-9-19(26)11-21(17)27/h1-11,13,22-23,29-30H,12,14H2,(H,31,32)/b28-13+. The number of hydrogen-bond acceptors (Lipinski definition) is 5. The summed E-state index contributed by atoms with van der Waals surface area (Å²) in [6.45, 7) is 0.442. The molecule has 1 saturated heterocycles. The van der Waals surface area contributed by atoms with Gasteiger partial charge in [-0.25, -0.2) is 16.3 Å². The highest BCUT2D eigenvalue weighted by atomic mass is 35.5. The van der Waals surface area contributed by atoms with Gasteiger partial charge in [0.05, 0.1) is 11.2 Å². The number of hydrazine groups is 1. The molecular weight excluding hydrogens is 483 g/mol. The zero-order valence-corrected chi connectivity index (χ0v) is 19.7.